The van der Waals surface area contributed by atoms with Crippen molar-refractivity contribution in [2.24, 2.45) is 5.92 Å². The lowest BCUT2D eigenvalue weighted by Crippen LogP contribution is -2.40. The maximum Gasteiger partial charge on any atom is 0.192 e. The topological polar surface area (TPSA) is 27.7 Å². The second kappa shape index (κ2) is 14.5. The SMILES string of the molecule is CCCC(I)=CCOc1c(I)cc(CC(C)C)c(OCc2ccccc2)c1CO[Si](C)(C)C(C)(C)C. The van der Waals surface area contributed by atoms with Gasteiger partial charge in [0, 0.05) is 0 Å². The molecule has 2 rings (SSSR count). The van der Waals surface area contributed by atoms with Crippen molar-refractivity contribution in [3.8, 4) is 11.5 Å². The number of hydrogen-bond acceptors (Lipinski definition) is 3. The molecule has 0 spiro atoms. The molecule has 0 aromatic heterocycles. The van der Waals surface area contributed by atoms with Gasteiger partial charge in [0.05, 0.1) is 15.7 Å². The monoisotopic (exact) mass is 734 g/mol. The molecule has 0 aliphatic rings. The van der Waals surface area contributed by atoms with E-state index in [0.717, 1.165) is 45.5 Å². The summed E-state index contributed by atoms with van der Waals surface area (Å²) < 4.78 is 22.3. The largest absolute Gasteiger partial charge is 0.488 e. The Bertz CT molecular complexity index is 995. The third-order valence-corrected chi connectivity index (χ3v) is 12.9. The van der Waals surface area contributed by atoms with E-state index >= 15 is 0 Å². The molecule has 0 amide bonds. The molecule has 0 fully saturated rings. The van der Waals surface area contributed by atoms with Crippen LogP contribution in [0.2, 0.25) is 18.1 Å². The van der Waals surface area contributed by atoms with Gasteiger partial charge in [-0.1, -0.05) is 78.3 Å². The molecule has 2 aromatic rings. The second-order valence-electron chi connectivity index (χ2n) is 11.3. The van der Waals surface area contributed by atoms with Crippen LogP contribution < -0.4 is 9.47 Å². The molecule has 0 heterocycles. The van der Waals surface area contributed by atoms with Crippen molar-refractivity contribution in [3.05, 3.63) is 66.3 Å². The summed E-state index contributed by atoms with van der Waals surface area (Å²) in [5, 5.41) is 0.126. The highest BCUT2D eigenvalue weighted by atomic mass is 127. The van der Waals surface area contributed by atoms with Crippen molar-refractivity contribution in [2.75, 3.05) is 6.61 Å². The number of hydrogen-bond donors (Lipinski definition) is 0. The van der Waals surface area contributed by atoms with Gasteiger partial charge in [-0.15, -0.1) is 0 Å². The molecule has 3 nitrogen and oxygen atoms in total. The summed E-state index contributed by atoms with van der Waals surface area (Å²) >= 11 is 4.84. The molecule has 6 heteroatoms. The highest BCUT2D eigenvalue weighted by molar-refractivity contribution is 14.1. The normalized spacial score (nSPS) is 12.8. The Labute approximate surface area is 248 Å². The zero-order valence-electron chi connectivity index (χ0n) is 23.3. The van der Waals surface area contributed by atoms with E-state index in [9.17, 15) is 0 Å². The fourth-order valence-corrected chi connectivity index (χ4v) is 6.05. The Kier molecular flexibility index (Phi) is 12.8. The van der Waals surface area contributed by atoms with Crippen LogP contribution in [0.25, 0.3) is 0 Å². The first kappa shape index (κ1) is 31.6. The Balaban J connectivity index is 2.53. The predicted octanol–water partition coefficient (Wildman–Crippen LogP) is 10.1. The fourth-order valence-electron chi connectivity index (χ4n) is 3.54. The third kappa shape index (κ3) is 9.62. The van der Waals surface area contributed by atoms with E-state index in [2.05, 4.69) is 136 Å². The molecule has 0 atom stereocenters. The number of benzene rings is 2. The summed E-state index contributed by atoms with van der Waals surface area (Å²) in [6, 6.07) is 12.6. The van der Waals surface area contributed by atoms with Crippen molar-refractivity contribution in [1.29, 1.82) is 0 Å². The van der Waals surface area contributed by atoms with Crippen LogP contribution in [0, 0.1) is 9.49 Å². The van der Waals surface area contributed by atoms with Crippen LogP contribution in [0.1, 0.15) is 71.1 Å². The van der Waals surface area contributed by atoms with Crippen LogP contribution in [0.3, 0.4) is 0 Å². The molecule has 200 valence electrons. The minimum atomic E-state index is -1.97. The Morgan fingerprint density at radius 2 is 1.69 bits per heavy atom. The highest BCUT2D eigenvalue weighted by Crippen LogP contribution is 2.42. The molecule has 2 aromatic carbocycles. The first-order valence-corrected chi connectivity index (χ1v) is 18.0. The summed E-state index contributed by atoms with van der Waals surface area (Å²) in [7, 11) is -1.97. The maximum atomic E-state index is 6.75. The first-order chi connectivity index (χ1) is 16.9. The van der Waals surface area contributed by atoms with Gasteiger partial charge in [0.1, 0.15) is 24.7 Å². The minimum Gasteiger partial charge on any atom is -0.488 e. The van der Waals surface area contributed by atoms with Gasteiger partial charge in [-0.25, -0.2) is 0 Å². The highest BCUT2D eigenvalue weighted by Gasteiger charge is 2.37. The van der Waals surface area contributed by atoms with Gasteiger partial charge in [-0.2, -0.15) is 0 Å². The predicted molar refractivity (Wildman–Crippen MR) is 173 cm³/mol. The lowest BCUT2D eigenvalue weighted by Gasteiger charge is -2.36. The molecular weight excluding hydrogens is 690 g/mol. The zero-order valence-corrected chi connectivity index (χ0v) is 28.7. The average Bonchev–Trinajstić information content (AvgIpc) is 2.78. The zero-order chi connectivity index (χ0) is 26.9. The van der Waals surface area contributed by atoms with E-state index in [4.69, 9.17) is 13.9 Å². The maximum absolute atomic E-state index is 6.75. The first-order valence-electron chi connectivity index (χ1n) is 13.0. The minimum absolute atomic E-state index is 0.126. The van der Waals surface area contributed by atoms with Gasteiger partial charge in [0.15, 0.2) is 8.32 Å². The van der Waals surface area contributed by atoms with Crippen molar-refractivity contribution >= 4 is 53.5 Å². The number of allylic oxidation sites excluding steroid dienone is 1. The van der Waals surface area contributed by atoms with Gasteiger partial charge in [-0.3, -0.25) is 0 Å². The standard InChI is InChI=1S/C30H44I2O3Si/c1-9-13-25(31)16-17-33-29-26(21-35-36(7,8)30(4,5)6)28(24(18-22(2)3)19-27(29)32)34-20-23-14-11-10-12-15-23/h10-12,14-16,19,22H,9,13,17-18,20-21H2,1-8H3. The van der Waals surface area contributed by atoms with Crippen LogP contribution in [0.15, 0.2) is 46.1 Å². The summed E-state index contributed by atoms with van der Waals surface area (Å²) in [4.78, 5) is 0. The lowest BCUT2D eigenvalue weighted by molar-refractivity contribution is 0.245. The summed E-state index contributed by atoms with van der Waals surface area (Å²) in [5.41, 5.74) is 3.42. The van der Waals surface area contributed by atoms with Crippen LogP contribution >= 0.6 is 45.2 Å². The van der Waals surface area contributed by atoms with E-state index in [1.165, 1.54) is 9.14 Å². The summed E-state index contributed by atoms with van der Waals surface area (Å²) in [5.74, 6) is 2.33. The fraction of sp³-hybridized carbons (Fsp3) is 0.533. The van der Waals surface area contributed by atoms with E-state index in [-0.39, 0.29) is 5.04 Å². The van der Waals surface area contributed by atoms with E-state index in [1.54, 1.807) is 0 Å². The van der Waals surface area contributed by atoms with Crippen LogP contribution in [-0.2, 0) is 24.1 Å². The molecule has 0 aliphatic carbocycles. The summed E-state index contributed by atoms with van der Waals surface area (Å²) in [6.07, 6.45) is 5.35. The Hall–Kier alpha value is -0.583. The Morgan fingerprint density at radius 3 is 2.28 bits per heavy atom. The van der Waals surface area contributed by atoms with Gasteiger partial charge in [0.25, 0.3) is 0 Å². The molecule has 0 bridgehead atoms. The molecule has 0 unspecified atom stereocenters. The molecule has 0 N–H and O–H groups in total. The van der Waals surface area contributed by atoms with Crippen molar-refractivity contribution < 1.29 is 13.9 Å². The van der Waals surface area contributed by atoms with E-state index in [1.807, 2.05) is 6.07 Å². The molecule has 0 saturated heterocycles. The van der Waals surface area contributed by atoms with Gasteiger partial charge < -0.3 is 13.9 Å². The molecule has 36 heavy (non-hydrogen) atoms. The molecule has 0 aliphatic heterocycles. The van der Waals surface area contributed by atoms with Crippen molar-refractivity contribution in [1.82, 2.24) is 0 Å². The van der Waals surface area contributed by atoms with Crippen LogP contribution in [0.5, 0.6) is 11.5 Å². The van der Waals surface area contributed by atoms with Crippen molar-refractivity contribution in [2.45, 2.75) is 92.2 Å². The van der Waals surface area contributed by atoms with Crippen LogP contribution in [0.4, 0.5) is 0 Å². The second-order valence-corrected chi connectivity index (χ2v) is 18.6. The van der Waals surface area contributed by atoms with Gasteiger partial charge >= 0.3 is 0 Å². The number of rotatable bonds is 13. The van der Waals surface area contributed by atoms with E-state index in [0.29, 0.717) is 25.7 Å². The molecular formula is C30H44I2O3Si. The lowest BCUT2D eigenvalue weighted by atomic mass is 9.99. The summed E-state index contributed by atoms with van der Waals surface area (Å²) in [6.45, 7) is 19.7. The smallest absolute Gasteiger partial charge is 0.192 e. The van der Waals surface area contributed by atoms with Gasteiger partial charge in [-0.05, 0) is 109 Å². The quantitative estimate of drug-likeness (QED) is 0.152. The molecule has 0 radical (unpaired) electrons. The average molecular weight is 735 g/mol. The van der Waals surface area contributed by atoms with E-state index < -0.39 is 8.32 Å². The van der Waals surface area contributed by atoms with Gasteiger partial charge in [0.2, 0.25) is 0 Å². The molecule has 0 saturated carbocycles. The Morgan fingerprint density at radius 1 is 1.03 bits per heavy atom. The number of halogens is 2. The number of ether oxygens (including phenoxy) is 2. The van der Waals surface area contributed by atoms with Crippen LogP contribution in [-0.4, -0.2) is 14.9 Å². The third-order valence-electron chi connectivity index (χ3n) is 6.62. The van der Waals surface area contributed by atoms with Crippen molar-refractivity contribution in [3.63, 3.8) is 0 Å².